The van der Waals surface area contributed by atoms with E-state index in [9.17, 15) is 19.5 Å². The molecular weight excluding hydrogens is 644 g/mol. The van der Waals surface area contributed by atoms with Gasteiger partial charge in [-0.25, -0.2) is 14.4 Å². The molecule has 4 N–H and O–H groups in total. The number of aliphatic hydroxyl groups excluding tert-OH is 1. The first-order valence-corrected chi connectivity index (χ1v) is 14.3. The molecule has 14 nitrogen and oxygen atoms in total. The molecule has 2 aromatic rings. The van der Waals surface area contributed by atoms with Gasteiger partial charge < -0.3 is 44.2 Å². The van der Waals surface area contributed by atoms with Crippen LogP contribution in [-0.2, 0) is 19.1 Å². The lowest BCUT2D eigenvalue weighted by molar-refractivity contribution is -0.145. The number of urea groups is 1. The third-order valence-electron chi connectivity index (χ3n) is 6.03. The second-order valence-corrected chi connectivity index (χ2v) is 9.89. The van der Waals surface area contributed by atoms with E-state index in [2.05, 4.69) is 37.1 Å². The second kappa shape index (κ2) is 16.4. The lowest BCUT2D eigenvalue weighted by Crippen LogP contribution is -2.45. The Morgan fingerprint density at radius 3 is 2.50 bits per heavy atom. The zero-order valence-electron chi connectivity index (χ0n) is 24.9. The summed E-state index contributed by atoms with van der Waals surface area (Å²) in [5.41, 5.74) is 4.37. The number of methoxy groups -OCH3 is 2. The van der Waals surface area contributed by atoms with Gasteiger partial charge in [0.2, 0.25) is 0 Å². The summed E-state index contributed by atoms with van der Waals surface area (Å²) in [6.07, 6.45) is 0.251. The van der Waals surface area contributed by atoms with Crippen molar-refractivity contribution >= 4 is 40.1 Å². The molecule has 44 heavy (non-hydrogen) atoms. The molecule has 15 heteroatoms. The van der Waals surface area contributed by atoms with Gasteiger partial charge in [-0.05, 0) is 66.5 Å². The topological polar surface area (TPSA) is 175 Å². The number of nitrogens with zero attached hydrogens (tertiary/aromatic N) is 1. The van der Waals surface area contributed by atoms with Crippen LogP contribution in [0.5, 0.6) is 23.0 Å². The lowest BCUT2D eigenvalue weighted by Gasteiger charge is -2.28. The van der Waals surface area contributed by atoms with E-state index in [-0.39, 0.29) is 25.4 Å². The minimum absolute atomic E-state index is 0.196. The van der Waals surface area contributed by atoms with E-state index in [0.29, 0.717) is 50.9 Å². The Kier molecular flexibility index (Phi) is 12.7. The van der Waals surface area contributed by atoms with Crippen molar-refractivity contribution in [3.05, 3.63) is 57.2 Å². The van der Waals surface area contributed by atoms with Crippen molar-refractivity contribution in [2.75, 3.05) is 40.6 Å². The van der Waals surface area contributed by atoms with Crippen molar-refractivity contribution in [1.29, 1.82) is 0 Å². The van der Waals surface area contributed by atoms with Gasteiger partial charge >= 0.3 is 18.0 Å². The third kappa shape index (κ3) is 9.00. The van der Waals surface area contributed by atoms with Gasteiger partial charge in [-0.2, -0.15) is 5.10 Å². The van der Waals surface area contributed by atoms with Crippen molar-refractivity contribution in [3.63, 3.8) is 0 Å². The zero-order valence-corrected chi connectivity index (χ0v) is 26.5. The van der Waals surface area contributed by atoms with Crippen LogP contribution in [-0.4, -0.2) is 76.2 Å². The summed E-state index contributed by atoms with van der Waals surface area (Å²) in [6, 6.07) is 6.96. The highest BCUT2D eigenvalue weighted by atomic mass is 79.9. The number of hydrogen-bond acceptors (Lipinski definition) is 12. The summed E-state index contributed by atoms with van der Waals surface area (Å²) in [6.45, 7) is 5.21. The van der Waals surface area contributed by atoms with Crippen molar-refractivity contribution in [2.45, 2.75) is 33.0 Å². The minimum Gasteiger partial charge on any atom is -0.493 e. The highest BCUT2D eigenvalue weighted by Gasteiger charge is 2.32. The van der Waals surface area contributed by atoms with E-state index in [1.165, 1.54) is 20.4 Å². The SMILES string of the molecule is CCOC(=O)COc1cc(Br)c(/C=N\N[C@H](O)COc2ccc([C@H]3NC(=O)NC(C)=C3C(=O)OC)cc2OCC)cc1OC. The van der Waals surface area contributed by atoms with Gasteiger partial charge in [-0.3, -0.25) is 5.43 Å². The maximum absolute atomic E-state index is 12.4. The molecule has 1 heterocycles. The Labute approximate surface area is 262 Å². The van der Waals surface area contributed by atoms with Crippen LogP contribution in [0.25, 0.3) is 0 Å². The summed E-state index contributed by atoms with van der Waals surface area (Å²) >= 11 is 3.43. The Hall–Kier alpha value is -4.50. The Bertz CT molecular complexity index is 1410. The summed E-state index contributed by atoms with van der Waals surface area (Å²) in [4.78, 5) is 36.2. The van der Waals surface area contributed by atoms with Crippen LogP contribution in [0.4, 0.5) is 4.79 Å². The molecule has 2 aromatic carbocycles. The zero-order chi connectivity index (χ0) is 32.2. The second-order valence-electron chi connectivity index (χ2n) is 9.03. The molecule has 0 unspecified atom stereocenters. The number of benzene rings is 2. The van der Waals surface area contributed by atoms with Crippen molar-refractivity contribution < 1.29 is 47.9 Å². The first kappa shape index (κ1) is 34.0. The molecular formula is C29H35BrN4O10. The monoisotopic (exact) mass is 678 g/mol. The summed E-state index contributed by atoms with van der Waals surface area (Å²) in [7, 11) is 2.72. The van der Waals surface area contributed by atoms with Gasteiger partial charge in [-0.1, -0.05) is 6.07 Å². The van der Waals surface area contributed by atoms with E-state index in [0.717, 1.165) is 0 Å². The molecule has 2 amide bonds. The Morgan fingerprint density at radius 2 is 1.82 bits per heavy atom. The molecule has 2 atom stereocenters. The maximum atomic E-state index is 12.4. The van der Waals surface area contributed by atoms with E-state index in [1.807, 2.05) is 0 Å². The molecule has 3 rings (SSSR count). The van der Waals surface area contributed by atoms with Crippen molar-refractivity contribution in [3.8, 4) is 23.0 Å². The number of rotatable bonds is 15. The van der Waals surface area contributed by atoms with Gasteiger partial charge in [0.05, 0.1) is 45.3 Å². The fourth-order valence-corrected chi connectivity index (χ4v) is 4.50. The molecule has 0 bridgehead atoms. The van der Waals surface area contributed by atoms with Crippen LogP contribution in [0.1, 0.15) is 37.9 Å². The molecule has 0 aromatic heterocycles. The number of hydrogen-bond donors (Lipinski definition) is 4. The maximum Gasteiger partial charge on any atom is 0.344 e. The van der Waals surface area contributed by atoms with Crippen LogP contribution in [0.2, 0.25) is 0 Å². The van der Waals surface area contributed by atoms with Crippen molar-refractivity contribution in [1.82, 2.24) is 16.1 Å². The number of amides is 2. The predicted octanol–water partition coefficient (Wildman–Crippen LogP) is 2.92. The fourth-order valence-electron chi connectivity index (χ4n) is 4.08. The summed E-state index contributed by atoms with van der Waals surface area (Å²) in [5, 5.41) is 19.8. The normalized spacial score (nSPS) is 15.2. The number of carbonyl (C=O) groups excluding carboxylic acids is 3. The Balaban J connectivity index is 1.66. The van der Waals surface area contributed by atoms with Gasteiger partial charge in [0.25, 0.3) is 0 Å². The van der Waals surface area contributed by atoms with Crippen LogP contribution in [0.3, 0.4) is 0 Å². The van der Waals surface area contributed by atoms with Gasteiger partial charge in [0.15, 0.2) is 35.8 Å². The number of esters is 2. The molecule has 0 saturated carbocycles. The summed E-state index contributed by atoms with van der Waals surface area (Å²) in [5.74, 6) is 0.275. The third-order valence-corrected chi connectivity index (χ3v) is 6.72. The fraction of sp³-hybridized carbons (Fsp3) is 0.379. The quantitative estimate of drug-likeness (QED) is 0.0943. The van der Waals surface area contributed by atoms with E-state index >= 15 is 0 Å². The highest BCUT2D eigenvalue weighted by molar-refractivity contribution is 9.10. The predicted molar refractivity (Wildman–Crippen MR) is 162 cm³/mol. The smallest absolute Gasteiger partial charge is 0.344 e. The molecule has 0 fully saturated rings. The van der Waals surface area contributed by atoms with Gasteiger partial charge in [0.1, 0.15) is 6.61 Å². The number of aliphatic hydroxyl groups is 1. The number of nitrogens with one attached hydrogen (secondary N) is 3. The molecule has 0 saturated heterocycles. The number of allylic oxidation sites excluding steroid dienone is 1. The number of hydrazone groups is 1. The Morgan fingerprint density at radius 1 is 1.07 bits per heavy atom. The molecule has 238 valence electrons. The minimum atomic E-state index is -1.20. The lowest BCUT2D eigenvalue weighted by atomic mass is 9.95. The van der Waals surface area contributed by atoms with E-state index in [4.69, 9.17) is 28.4 Å². The van der Waals surface area contributed by atoms with Gasteiger partial charge in [-0.15, -0.1) is 0 Å². The number of carbonyl (C=O) groups is 3. The van der Waals surface area contributed by atoms with Crippen LogP contribution >= 0.6 is 15.9 Å². The average Bonchev–Trinajstić information content (AvgIpc) is 2.99. The van der Waals surface area contributed by atoms with E-state index in [1.54, 1.807) is 51.1 Å². The molecule has 0 spiro atoms. The first-order chi connectivity index (χ1) is 21.1. The van der Waals surface area contributed by atoms with Crippen LogP contribution in [0, 0.1) is 0 Å². The first-order valence-electron chi connectivity index (χ1n) is 13.5. The number of ether oxygens (including phenoxy) is 6. The molecule has 1 aliphatic heterocycles. The average molecular weight is 680 g/mol. The largest absolute Gasteiger partial charge is 0.493 e. The van der Waals surface area contributed by atoms with E-state index < -0.39 is 30.2 Å². The highest BCUT2D eigenvalue weighted by Crippen LogP contribution is 2.35. The summed E-state index contributed by atoms with van der Waals surface area (Å²) < 4.78 is 32.7. The van der Waals surface area contributed by atoms with Crippen LogP contribution in [0.15, 0.2) is 51.2 Å². The van der Waals surface area contributed by atoms with Crippen molar-refractivity contribution in [2.24, 2.45) is 5.10 Å². The molecule has 0 aliphatic carbocycles. The molecule has 0 radical (unpaired) electrons. The number of halogens is 1. The van der Waals surface area contributed by atoms with Crippen LogP contribution < -0.4 is 35.0 Å². The van der Waals surface area contributed by atoms with Gasteiger partial charge in [0, 0.05) is 15.7 Å². The molecule has 1 aliphatic rings. The standard InChI is InChI=1S/C29H35BrN4O10/c1-6-41-22-10-17(27-26(28(37)40-5)16(3)32-29(38)33-27)8-9-20(22)43-14-24(35)34-31-13-18-11-21(39-4)23(12-19(18)30)44-15-25(36)42-7-2/h8-13,24,27,34-35H,6-7,14-15H2,1-5H3,(H2,32,33,38)/b31-13-/t24-,27-/m1/s1.